The van der Waals surface area contributed by atoms with Crippen LogP contribution in [0.15, 0.2) is 11.8 Å². The van der Waals surface area contributed by atoms with Gasteiger partial charge >= 0.3 is 12.1 Å². The van der Waals surface area contributed by atoms with Gasteiger partial charge in [0, 0.05) is 0 Å². The van der Waals surface area contributed by atoms with Gasteiger partial charge in [-0.3, -0.25) is 0 Å². The van der Waals surface area contributed by atoms with Crippen molar-refractivity contribution in [1.82, 2.24) is 0 Å². The maximum atomic E-state index is 10.6. The Balaban J connectivity index is 2.92. The van der Waals surface area contributed by atoms with E-state index in [4.69, 9.17) is 5.11 Å². The molecule has 0 spiro atoms. The molecular formula is C7H8O5. The van der Waals surface area contributed by atoms with Crippen LogP contribution in [-0.2, 0) is 14.3 Å². The molecule has 0 aromatic rings. The summed E-state index contributed by atoms with van der Waals surface area (Å²) in [6, 6.07) is 0. The lowest BCUT2D eigenvalue weighted by atomic mass is 10.1. The summed E-state index contributed by atoms with van der Waals surface area (Å²) < 4.78 is 9.18. The second-order valence-electron chi connectivity index (χ2n) is 2.81. The minimum absolute atomic E-state index is 0.0139. The van der Waals surface area contributed by atoms with Crippen LogP contribution in [0, 0.1) is 0 Å². The highest BCUT2D eigenvalue weighted by atomic mass is 16.8. The third-order valence-electron chi connectivity index (χ3n) is 1.38. The molecule has 0 amide bonds. The summed E-state index contributed by atoms with van der Waals surface area (Å²) in [5, 5.41) is 8.37. The smallest absolute Gasteiger partial charge is 0.478 e. The molecule has 1 N–H and O–H groups in total. The summed E-state index contributed by atoms with van der Waals surface area (Å²) >= 11 is 0. The Labute approximate surface area is 68.6 Å². The van der Waals surface area contributed by atoms with Crippen LogP contribution in [0.4, 0.5) is 4.79 Å². The zero-order chi connectivity index (χ0) is 9.35. The number of hydrogen-bond donors (Lipinski definition) is 1. The second kappa shape index (κ2) is 2.51. The average Bonchev–Trinajstić information content (AvgIpc) is 2.04. The maximum Gasteiger partial charge on any atom is 0.514 e. The molecule has 1 aliphatic rings. The third kappa shape index (κ3) is 1.55. The fourth-order valence-corrected chi connectivity index (χ4v) is 0.808. The van der Waals surface area contributed by atoms with Gasteiger partial charge in [-0.15, -0.1) is 0 Å². The van der Waals surface area contributed by atoms with E-state index in [1.165, 1.54) is 0 Å². The summed E-state index contributed by atoms with van der Waals surface area (Å²) in [4.78, 5) is 20.8. The number of carboxylic acids is 1. The van der Waals surface area contributed by atoms with E-state index in [0.29, 0.717) is 0 Å². The zero-order valence-corrected chi connectivity index (χ0v) is 6.66. The third-order valence-corrected chi connectivity index (χ3v) is 1.38. The van der Waals surface area contributed by atoms with Gasteiger partial charge in [-0.05, 0) is 13.8 Å². The molecule has 0 aromatic heterocycles. The molecule has 0 aliphatic carbocycles. The van der Waals surface area contributed by atoms with Gasteiger partial charge in [-0.1, -0.05) is 0 Å². The van der Waals surface area contributed by atoms with E-state index in [1.807, 2.05) is 0 Å². The fourth-order valence-electron chi connectivity index (χ4n) is 0.808. The highest BCUT2D eigenvalue weighted by molar-refractivity contribution is 5.82. The van der Waals surface area contributed by atoms with Crippen LogP contribution in [0.5, 0.6) is 0 Å². The number of carboxylic acid groups (broad SMARTS) is 1. The van der Waals surface area contributed by atoms with Crippen LogP contribution in [0.1, 0.15) is 13.8 Å². The van der Waals surface area contributed by atoms with Crippen molar-refractivity contribution >= 4 is 12.1 Å². The lowest BCUT2D eigenvalue weighted by Crippen LogP contribution is -2.21. The van der Waals surface area contributed by atoms with Gasteiger partial charge in [0.1, 0.15) is 0 Å². The maximum absolute atomic E-state index is 10.6. The summed E-state index contributed by atoms with van der Waals surface area (Å²) in [5.74, 6) is -1.16. The minimum atomic E-state index is -1.17. The van der Waals surface area contributed by atoms with Crippen LogP contribution in [0.25, 0.3) is 0 Å². The Bertz CT molecular complexity index is 263. The van der Waals surface area contributed by atoms with Crippen LogP contribution in [0.2, 0.25) is 0 Å². The zero-order valence-electron chi connectivity index (χ0n) is 6.66. The Morgan fingerprint density at radius 3 is 2.50 bits per heavy atom. The first-order valence-electron chi connectivity index (χ1n) is 3.28. The van der Waals surface area contributed by atoms with E-state index in [9.17, 15) is 9.59 Å². The Morgan fingerprint density at radius 1 is 1.58 bits per heavy atom. The Hall–Kier alpha value is -1.52. The van der Waals surface area contributed by atoms with Crippen molar-refractivity contribution in [3.05, 3.63) is 11.8 Å². The van der Waals surface area contributed by atoms with E-state index in [2.05, 4.69) is 9.47 Å². The number of rotatable bonds is 1. The minimum Gasteiger partial charge on any atom is -0.478 e. The number of cyclic esters (lactones) is 2. The SMILES string of the molecule is CC1(C)OC(=O)OC1=CC(=O)O. The van der Waals surface area contributed by atoms with Crippen molar-refractivity contribution < 1.29 is 24.2 Å². The van der Waals surface area contributed by atoms with E-state index < -0.39 is 17.7 Å². The molecule has 1 saturated heterocycles. The molecule has 66 valence electrons. The number of hydrogen-bond acceptors (Lipinski definition) is 4. The lowest BCUT2D eigenvalue weighted by Gasteiger charge is -2.12. The monoisotopic (exact) mass is 172 g/mol. The molecule has 1 fully saturated rings. The summed E-state index contributed by atoms with van der Waals surface area (Å²) in [7, 11) is 0. The van der Waals surface area contributed by atoms with Gasteiger partial charge in [0.15, 0.2) is 11.4 Å². The van der Waals surface area contributed by atoms with Crippen molar-refractivity contribution in [2.45, 2.75) is 19.4 Å². The highest BCUT2D eigenvalue weighted by Gasteiger charge is 2.39. The molecule has 0 saturated carbocycles. The molecule has 1 aliphatic heterocycles. The van der Waals surface area contributed by atoms with Crippen molar-refractivity contribution in [2.24, 2.45) is 0 Å². The first-order valence-corrected chi connectivity index (χ1v) is 3.28. The van der Waals surface area contributed by atoms with E-state index in [1.54, 1.807) is 13.8 Å². The molecule has 0 radical (unpaired) electrons. The molecule has 0 bridgehead atoms. The van der Waals surface area contributed by atoms with Gasteiger partial charge in [-0.25, -0.2) is 9.59 Å². The van der Waals surface area contributed by atoms with Crippen molar-refractivity contribution in [1.29, 1.82) is 0 Å². The molecule has 0 atom stereocenters. The van der Waals surface area contributed by atoms with Crippen molar-refractivity contribution in [3.8, 4) is 0 Å². The van der Waals surface area contributed by atoms with Gasteiger partial charge < -0.3 is 14.6 Å². The standard InChI is InChI=1S/C7H8O5/c1-7(2)4(3-5(8)9)11-6(10)12-7/h3H,1-2H3,(H,8,9). The summed E-state index contributed by atoms with van der Waals surface area (Å²) in [6.07, 6.45) is -0.0576. The van der Waals surface area contributed by atoms with E-state index >= 15 is 0 Å². The molecule has 0 aromatic carbocycles. The molecule has 12 heavy (non-hydrogen) atoms. The molecular weight excluding hydrogens is 164 g/mol. The Kier molecular flexibility index (Phi) is 1.79. The summed E-state index contributed by atoms with van der Waals surface area (Å²) in [5.41, 5.74) is -0.977. The molecule has 5 nitrogen and oxygen atoms in total. The molecule has 0 unspecified atom stereocenters. The van der Waals surface area contributed by atoms with Gasteiger partial charge in [0.25, 0.3) is 0 Å². The second-order valence-corrected chi connectivity index (χ2v) is 2.81. The largest absolute Gasteiger partial charge is 0.514 e. The van der Waals surface area contributed by atoms with Crippen LogP contribution in [0.3, 0.4) is 0 Å². The average molecular weight is 172 g/mol. The quantitative estimate of drug-likeness (QED) is 0.470. The van der Waals surface area contributed by atoms with Crippen LogP contribution >= 0.6 is 0 Å². The van der Waals surface area contributed by atoms with Gasteiger partial charge in [0.2, 0.25) is 0 Å². The normalized spacial score (nSPS) is 23.5. The predicted molar refractivity (Wildman–Crippen MR) is 37.4 cm³/mol. The van der Waals surface area contributed by atoms with Crippen LogP contribution in [-0.4, -0.2) is 22.8 Å². The first kappa shape index (κ1) is 8.58. The van der Waals surface area contributed by atoms with Crippen molar-refractivity contribution in [3.63, 3.8) is 0 Å². The van der Waals surface area contributed by atoms with Gasteiger partial charge in [-0.2, -0.15) is 0 Å². The number of aliphatic carboxylic acids is 1. The first-order chi connectivity index (χ1) is 5.42. The van der Waals surface area contributed by atoms with E-state index in [0.717, 1.165) is 6.08 Å². The molecule has 1 heterocycles. The number of carbonyl (C=O) groups excluding carboxylic acids is 1. The molecule has 5 heteroatoms. The van der Waals surface area contributed by atoms with E-state index in [-0.39, 0.29) is 5.76 Å². The van der Waals surface area contributed by atoms with Crippen LogP contribution < -0.4 is 0 Å². The molecule has 1 rings (SSSR count). The lowest BCUT2D eigenvalue weighted by molar-refractivity contribution is -0.131. The Morgan fingerprint density at radius 2 is 2.17 bits per heavy atom. The fraction of sp³-hybridized carbons (Fsp3) is 0.429. The number of carbonyl (C=O) groups is 2. The van der Waals surface area contributed by atoms with Crippen molar-refractivity contribution in [2.75, 3.05) is 0 Å². The highest BCUT2D eigenvalue weighted by Crippen LogP contribution is 2.29. The van der Waals surface area contributed by atoms with Gasteiger partial charge in [0.05, 0.1) is 6.08 Å². The topological polar surface area (TPSA) is 72.8 Å². The number of ether oxygens (including phenoxy) is 2. The predicted octanol–water partition coefficient (Wildman–Crippen LogP) is 0.900. The summed E-state index contributed by atoms with van der Waals surface area (Å²) in [6.45, 7) is 3.10.